The molecule has 6 nitrogen and oxygen atoms in total. The van der Waals surface area contributed by atoms with E-state index in [1.165, 1.54) is 0 Å². The normalized spacial score (nSPS) is 17.9. The number of sulfone groups is 1. The van der Waals surface area contributed by atoms with Gasteiger partial charge in [0.1, 0.15) is 11.9 Å². The molecule has 1 aliphatic heterocycles. The topological polar surface area (TPSA) is 84.5 Å². The van der Waals surface area contributed by atoms with Crippen LogP contribution < -0.4 is 15.4 Å². The summed E-state index contributed by atoms with van der Waals surface area (Å²) in [6.07, 6.45) is 1.37. The Bertz CT molecular complexity index is 691. The van der Waals surface area contributed by atoms with Crippen LogP contribution in [0, 0.1) is 0 Å². The summed E-state index contributed by atoms with van der Waals surface area (Å²) < 4.78 is 28.7. The summed E-state index contributed by atoms with van der Waals surface area (Å²) in [7, 11) is -3.51. The Hall–Kier alpha value is -1.02. The van der Waals surface area contributed by atoms with Gasteiger partial charge in [-0.3, -0.25) is 4.79 Å². The Labute approximate surface area is 160 Å². The van der Waals surface area contributed by atoms with Gasteiger partial charge in [0.15, 0.2) is 14.6 Å². The summed E-state index contributed by atoms with van der Waals surface area (Å²) >= 11 is 5.90. The van der Waals surface area contributed by atoms with E-state index in [1.807, 2.05) is 0 Å². The Kier molecular flexibility index (Phi) is 7.99. The Morgan fingerprint density at radius 3 is 2.60 bits per heavy atom. The van der Waals surface area contributed by atoms with Crippen LogP contribution in [0.4, 0.5) is 0 Å². The van der Waals surface area contributed by atoms with E-state index in [2.05, 4.69) is 10.6 Å². The molecule has 142 valence electrons. The standard InChI is InChI=1S/C16H23ClN2O4S.ClH/c1-12(23-14-5-3-4-13(17)10-14)11-19-15(20)16(24(2,21)22)6-8-18-9-7-16;/h3-5,10,12,18H,6-9,11H2,1-2H3,(H,19,20);1H. The lowest BCUT2D eigenvalue weighted by Gasteiger charge is -2.34. The summed E-state index contributed by atoms with van der Waals surface area (Å²) in [5.41, 5.74) is 0. The number of hydrogen-bond acceptors (Lipinski definition) is 5. The Balaban J connectivity index is 0.00000312. The highest BCUT2D eigenvalue weighted by Crippen LogP contribution is 2.28. The number of hydrogen-bond donors (Lipinski definition) is 2. The molecule has 0 aliphatic carbocycles. The smallest absolute Gasteiger partial charge is 0.241 e. The molecule has 0 bridgehead atoms. The van der Waals surface area contributed by atoms with Crippen molar-refractivity contribution in [1.29, 1.82) is 0 Å². The highest BCUT2D eigenvalue weighted by molar-refractivity contribution is 7.92. The number of carbonyl (C=O) groups is 1. The third-order valence-corrected chi connectivity index (χ3v) is 6.47. The van der Waals surface area contributed by atoms with E-state index in [0.717, 1.165) is 6.26 Å². The Morgan fingerprint density at radius 2 is 2.04 bits per heavy atom. The first-order valence-corrected chi connectivity index (χ1v) is 10.1. The minimum absolute atomic E-state index is 0. The number of ether oxygens (including phenoxy) is 1. The number of amides is 1. The fraction of sp³-hybridized carbons (Fsp3) is 0.562. The van der Waals surface area contributed by atoms with Gasteiger partial charge in [-0.25, -0.2) is 8.42 Å². The second-order valence-electron chi connectivity index (χ2n) is 6.11. The molecule has 1 aromatic carbocycles. The van der Waals surface area contributed by atoms with Crippen molar-refractivity contribution in [3.8, 4) is 5.75 Å². The zero-order valence-electron chi connectivity index (χ0n) is 14.2. The molecule has 0 radical (unpaired) electrons. The second-order valence-corrected chi connectivity index (χ2v) is 8.87. The third kappa shape index (κ3) is 5.48. The number of nitrogens with one attached hydrogen (secondary N) is 2. The number of carbonyl (C=O) groups excluding carboxylic acids is 1. The molecule has 0 saturated carbocycles. The molecule has 1 amide bonds. The SMILES string of the molecule is CC(CNC(=O)C1(S(C)(=O)=O)CCNCC1)Oc1cccc(Cl)c1.Cl. The number of halogens is 2. The van der Waals surface area contributed by atoms with Gasteiger partial charge in [0.2, 0.25) is 5.91 Å². The van der Waals surface area contributed by atoms with Crippen LogP contribution in [0.3, 0.4) is 0 Å². The number of piperidine rings is 1. The van der Waals surface area contributed by atoms with Crippen LogP contribution in [0.2, 0.25) is 5.02 Å². The lowest BCUT2D eigenvalue weighted by atomic mass is 9.96. The number of rotatable bonds is 6. The lowest BCUT2D eigenvalue weighted by Crippen LogP contribution is -2.58. The van der Waals surface area contributed by atoms with Crippen molar-refractivity contribution < 1.29 is 17.9 Å². The van der Waals surface area contributed by atoms with E-state index in [1.54, 1.807) is 31.2 Å². The zero-order chi connectivity index (χ0) is 17.8. The number of benzene rings is 1. The molecule has 2 rings (SSSR count). The summed E-state index contributed by atoms with van der Waals surface area (Å²) in [5, 5.41) is 6.38. The molecule has 0 spiro atoms. The van der Waals surface area contributed by atoms with Crippen molar-refractivity contribution in [3.05, 3.63) is 29.3 Å². The molecular weight excluding hydrogens is 387 g/mol. The van der Waals surface area contributed by atoms with Crippen LogP contribution >= 0.6 is 24.0 Å². The van der Waals surface area contributed by atoms with Crippen molar-refractivity contribution in [2.75, 3.05) is 25.9 Å². The summed E-state index contributed by atoms with van der Waals surface area (Å²) in [6, 6.07) is 6.98. The molecule has 1 fully saturated rings. The summed E-state index contributed by atoms with van der Waals surface area (Å²) in [5.74, 6) is 0.150. The summed E-state index contributed by atoms with van der Waals surface area (Å²) in [4.78, 5) is 12.6. The molecule has 1 atom stereocenters. The van der Waals surface area contributed by atoms with E-state index >= 15 is 0 Å². The molecule has 1 heterocycles. The monoisotopic (exact) mass is 410 g/mol. The molecule has 0 aromatic heterocycles. The van der Waals surface area contributed by atoms with Crippen molar-refractivity contribution in [2.24, 2.45) is 0 Å². The van der Waals surface area contributed by atoms with E-state index in [-0.39, 0.29) is 37.9 Å². The maximum atomic E-state index is 12.6. The molecule has 1 saturated heterocycles. The van der Waals surface area contributed by atoms with E-state index in [0.29, 0.717) is 23.9 Å². The Morgan fingerprint density at radius 1 is 1.40 bits per heavy atom. The van der Waals surface area contributed by atoms with Gasteiger partial charge in [0.05, 0.1) is 6.54 Å². The van der Waals surface area contributed by atoms with Crippen molar-refractivity contribution in [3.63, 3.8) is 0 Å². The van der Waals surface area contributed by atoms with Gasteiger partial charge < -0.3 is 15.4 Å². The predicted molar refractivity (Wildman–Crippen MR) is 101 cm³/mol. The minimum Gasteiger partial charge on any atom is -0.489 e. The van der Waals surface area contributed by atoms with Gasteiger partial charge in [-0.1, -0.05) is 17.7 Å². The molecule has 1 unspecified atom stereocenters. The molecule has 1 aliphatic rings. The average Bonchev–Trinajstić information content (AvgIpc) is 2.52. The average molecular weight is 411 g/mol. The van der Waals surface area contributed by atoms with Crippen molar-refractivity contribution in [1.82, 2.24) is 10.6 Å². The molecular formula is C16H24Cl2N2O4S. The molecule has 1 aromatic rings. The maximum Gasteiger partial charge on any atom is 0.241 e. The first-order chi connectivity index (χ1) is 11.2. The van der Waals surface area contributed by atoms with Crippen LogP contribution in [0.25, 0.3) is 0 Å². The predicted octanol–water partition coefficient (Wildman–Crippen LogP) is 1.81. The first-order valence-electron chi connectivity index (χ1n) is 7.85. The molecule has 25 heavy (non-hydrogen) atoms. The third-order valence-electron chi connectivity index (χ3n) is 4.22. The highest BCUT2D eigenvalue weighted by Gasteiger charge is 2.48. The summed E-state index contributed by atoms with van der Waals surface area (Å²) in [6.45, 7) is 3.04. The van der Waals surface area contributed by atoms with Gasteiger partial charge >= 0.3 is 0 Å². The van der Waals surface area contributed by atoms with E-state index < -0.39 is 20.5 Å². The van der Waals surface area contributed by atoms with Gasteiger partial charge in [0.25, 0.3) is 0 Å². The van der Waals surface area contributed by atoms with Gasteiger partial charge in [0, 0.05) is 11.3 Å². The minimum atomic E-state index is -3.51. The van der Waals surface area contributed by atoms with Crippen molar-refractivity contribution in [2.45, 2.75) is 30.6 Å². The maximum absolute atomic E-state index is 12.6. The van der Waals surface area contributed by atoms with Crippen LogP contribution in [0.15, 0.2) is 24.3 Å². The first kappa shape index (κ1) is 22.0. The fourth-order valence-electron chi connectivity index (χ4n) is 2.81. The van der Waals surface area contributed by atoms with Gasteiger partial charge in [-0.05, 0) is 51.1 Å². The van der Waals surface area contributed by atoms with Crippen molar-refractivity contribution >= 4 is 39.8 Å². The molecule has 9 heteroatoms. The van der Waals surface area contributed by atoms with Crippen LogP contribution in [0.1, 0.15) is 19.8 Å². The second kappa shape index (κ2) is 9.07. The highest BCUT2D eigenvalue weighted by atomic mass is 35.5. The van der Waals surface area contributed by atoms with E-state index in [4.69, 9.17) is 16.3 Å². The molecule has 2 N–H and O–H groups in total. The zero-order valence-corrected chi connectivity index (χ0v) is 16.6. The van der Waals surface area contributed by atoms with Gasteiger partial charge in [-0.2, -0.15) is 0 Å². The quantitative estimate of drug-likeness (QED) is 0.746. The van der Waals surface area contributed by atoms with Crippen LogP contribution in [0.5, 0.6) is 5.75 Å². The van der Waals surface area contributed by atoms with Crippen LogP contribution in [-0.2, 0) is 14.6 Å². The largest absolute Gasteiger partial charge is 0.489 e. The van der Waals surface area contributed by atoms with Crippen LogP contribution in [-0.4, -0.2) is 51.1 Å². The van der Waals surface area contributed by atoms with E-state index in [9.17, 15) is 13.2 Å². The lowest BCUT2D eigenvalue weighted by molar-refractivity contribution is -0.124. The van der Waals surface area contributed by atoms with Gasteiger partial charge in [-0.15, -0.1) is 12.4 Å². The fourth-order valence-corrected chi connectivity index (χ4v) is 4.34.